The Morgan fingerprint density at radius 1 is 1.12 bits per heavy atom. The quantitative estimate of drug-likeness (QED) is 0.263. The molecule has 7 nitrogen and oxygen atoms in total. The molecule has 3 aromatic rings. The molecule has 0 radical (unpaired) electrons. The van der Waals surface area contributed by atoms with Gasteiger partial charge >= 0.3 is 0 Å². The maximum Gasteiger partial charge on any atom is 0.290 e. The van der Waals surface area contributed by atoms with Gasteiger partial charge in [-0.15, -0.1) is 0 Å². The zero-order valence-electron chi connectivity index (χ0n) is 18.0. The summed E-state index contributed by atoms with van der Waals surface area (Å²) in [4.78, 5) is 32.3. The van der Waals surface area contributed by atoms with E-state index in [0.29, 0.717) is 32.6 Å². The van der Waals surface area contributed by atoms with E-state index >= 15 is 0 Å². The number of imide groups is 1. The maximum atomic E-state index is 13.4. The first-order chi connectivity index (χ1) is 16.3. The number of carbonyl (C=O) groups is 2. The van der Waals surface area contributed by atoms with Gasteiger partial charge in [0.05, 0.1) is 10.6 Å². The number of halogens is 1. The summed E-state index contributed by atoms with van der Waals surface area (Å²) in [5.74, 6) is -0.319. The molecular weight excluding hydrogens is 475 g/mol. The smallest absolute Gasteiger partial charge is 0.290 e. The van der Waals surface area contributed by atoms with Crippen molar-refractivity contribution in [3.05, 3.63) is 70.4 Å². The zero-order chi connectivity index (χ0) is 24.2. The minimum Gasteiger partial charge on any atom is -0.438 e. The van der Waals surface area contributed by atoms with Gasteiger partial charge in [-0.2, -0.15) is 10.2 Å². The second kappa shape index (κ2) is 10.1. The topological polar surface area (TPSA) is 105 Å². The highest BCUT2D eigenvalue weighted by Crippen LogP contribution is 2.34. The molecule has 10 heteroatoms. The molecule has 2 amide bonds. The molecule has 1 aliphatic heterocycles. The van der Waals surface area contributed by atoms with Crippen LogP contribution in [0.15, 0.2) is 58.6 Å². The Hall–Kier alpha value is -3.68. The number of hydrogen-bond acceptors (Lipinski definition) is 8. The van der Waals surface area contributed by atoms with Crippen molar-refractivity contribution in [2.75, 3.05) is 0 Å². The van der Waals surface area contributed by atoms with Gasteiger partial charge in [-0.3, -0.25) is 14.9 Å². The minimum atomic E-state index is -0.432. The van der Waals surface area contributed by atoms with Crippen molar-refractivity contribution in [2.24, 2.45) is 0 Å². The lowest BCUT2D eigenvalue weighted by molar-refractivity contribution is -0.115. The maximum absolute atomic E-state index is 13.4. The summed E-state index contributed by atoms with van der Waals surface area (Å²) in [5, 5.41) is 12.3. The average molecular weight is 493 g/mol. The molecule has 34 heavy (non-hydrogen) atoms. The van der Waals surface area contributed by atoms with E-state index in [9.17, 15) is 19.2 Å². The molecule has 0 bridgehead atoms. The minimum absolute atomic E-state index is 0.0856. The van der Waals surface area contributed by atoms with Crippen molar-refractivity contribution >= 4 is 40.7 Å². The van der Waals surface area contributed by atoms with Crippen LogP contribution in [0.3, 0.4) is 0 Å². The molecule has 1 aliphatic rings. The third-order valence-electron chi connectivity index (χ3n) is 4.46. The Labute approximate surface area is 203 Å². The van der Waals surface area contributed by atoms with Gasteiger partial charge in [-0.1, -0.05) is 37.7 Å². The van der Waals surface area contributed by atoms with Crippen LogP contribution in [0.4, 0.5) is 9.18 Å². The van der Waals surface area contributed by atoms with Gasteiger partial charge in [-0.05, 0) is 59.8 Å². The van der Waals surface area contributed by atoms with Crippen LogP contribution >= 0.6 is 23.5 Å². The van der Waals surface area contributed by atoms with Gasteiger partial charge in [0.15, 0.2) is 5.16 Å². The Bertz CT molecular complexity index is 1330. The Morgan fingerprint density at radius 2 is 1.82 bits per heavy atom. The molecule has 0 atom stereocenters. The van der Waals surface area contributed by atoms with E-state index in [1.54, 1.807) is 42.5 Å². The highest BCUT2D eigenvalue weighted by Gasteiger charge is 2.25. The molecule has 170 valence electrons. The molecule has 0 spiro atoms. The van der Waals surface area contributed by atoms with Crippen molar-refractivity contribution in [2.45, 2.75) is 24.3 Å². The first-order valence-corrected chi connectivity index (χ1v) is 11.8. The van der Waals surface area contributed by atoms with Gasteiger partial charge < -0.3 is 4.74 Å². The van der Waals surface area contributed by atoms with E-state index in [-0.39, 0.29) is 16.7 Å². The summed E-state index contributed by atoms with van der Waals surface area (Å²) in [7, 11) is 0. The Kier molecular flexibility index (Phi) is 6.95. The largest absolute Gasteiger partial charge is 0.438 e. The van der Waals surface area contributed by atoms with E-state index in [2.05, 4.69) is 21.4 Å². The van der Waals surface area contributed by atoms with Crippen molar-refractivity contribution in [1.82, 2.24) is 15.3 Å². The molecule has 0 saturated carbocycles. The third kappa shape index (κ3) is 5.44. The predicted octanol–water partition coefficient (Wildman–Crippen LogP) is 5.77. The number of aromatic nitrogens is 2. The fraction of sp³-hybridized carbons (Fsp3) is 0.125. The van der Waals surface area contributed by atoms with Crippen LogP contribution in [0, 0.1) is 17.1 Å². The van der Waals surface area contributed by atoms with Crippen molar-refractivity contribution in [3.63, 3.8) is 0 Å². The summed E-state index contributed by atoms with van der Waals surface area (Å²) in [5.41, 5.74) is 1.75. The number of hydrogen-bond donors (Lipinski definition) is 1. The average Bonchev–Trinajstić information content (AvgIpc) is 3.11. The number of thioether (sulfide) groups is 2. The molecule has 0 aliphatic carbocycles. The second-order valence-electron chi connectivity index (χ2n) is 7.34. The highest BCUT2D eigenvalue weighted by atomic mass is 32.2. The molecule has 1 N–H and O–H groups in total. The summed E-state index contributed by atoms with van der Waals surface area (Å²) in [6.45, 7) is 3.99. The second-order valence-corrected chi connectivity index (χ2v) is 9.90. The molecular formula is C24H17FN4O3S2. The van der Waals surface area contributed by atoms with Gasteiger partial charge in [0, 0.05) is 10.8 Å². The van der Waals surface area contributed by atoms with Crippen LogP contribution in [0.2, 0.25) is 0 Å². The van der Waals surface area contributed by atoms with Crippen molar-refractivity contribution < 1.29 is 18.7 Å². The van der Waals surface area contributed by atoms with Gasteiger partial charge in [-0.25, -0.2) is 9.37 Å². The van der Waals surface area contributed by atoms with E-state index in [1.807, 2.05) is 13.8 Å². The number of amides is 2. The Morgan fingerprint density at radius 3 is 2.41 bits per heavy atom. The van der Waals surface area contributed by atoms with E-state index in [1.165, 1.54) is 23.9 Å². The first-order valence-electron chi connectivity index (χ1n) is 10.1. The van der Waals surface area contributed by atoms with Gasteiger partial charge in [0.1, 0.15) is 23.2 Å². The molecule has 0 unspecified atom stereocenters. The third-order valence-corrected chi connectivity index (χ3v) is 6.14. The van der Waals surface area contributed by atoms with Crippen LogP contribution in [0.25, 0.3) is 17.3 Å². The predicted molar refractivity (Wildman–Crippen MR) is 129 cm³/mol. The normalized spacial score (nSPS) is 14.4. The van der Waals surface area contributed by atoms with Crippen LogP contribution in [0.5, 0.6) is 11.6 Å². The van der Waals surface area contributed by atoms with Crippen LogP contribution in [-0.4, -0.2) is 26.4 Å². The number of benzene rings is 2. The number of nitriles is 1. The molecule has 1 aromatic heterocycles. The van der Waals surface area contributed by atoms with Crippen LogP contribution in [-0.2, 0) is 4.79 Å². The Balaban J connectivity index is 1.68. The summed E-state index contributed by atoms with van der Waals surface area (Å²) < 4.78 is 19.4. The van der Waals surface area contributed by atoms with Gasteiger partial charge in [0.25, 0.3) is 11.1 Å². The number of carbonyl (C=O) groups excluding carboxylic acids is 2. The standard InChI is InChI=1S/C24H17FN4O3S2/c1-13(2)33-23-27-20(15-5-7-16(25)8-6-15)18(12-26)22(29-23)32-17-9-3-14(4-10-17)11-19-21(30)28-24(31)34-19/h3-11,13H,1-2H3,(H,28,30,31)/b19-11+. The lowest BCUT2D eigenvalue weighted by Crippen LogP contribution is -2.17. The number of rotatable bonds is 6. The first kappa shape index (κ1) is 23.5. The van der Waals surface area contributed by atoms with E-state index in [4.69, 9.17) is 4.74 Å². The summed E-state index contributed by atoms with van der Waals surface area (Å²) in [6, 6.07) is 14.6. The summed E-state index contributed by atoms with van der Waals surface area (Å²) in [6.07, 6.45) is 1.60. The van der Waals surface area contributed by atoms with Gasteiger partial charge in [0.2, 0.25) is 5.88 Å². The van der Waals surface area contributed by atoms with Crippen LogP contribution < -0.4 is 10.1 Å². The molecule has 4 rings (SSSR count). The lowest BCUT2D eigenvalue weighted by Gasteiger charge is -2.13. The number of nitrogens with zero attached hydrogens (tertiary/aromatic N) is 3. The molecule has 2 heterocycles. The van der Waals surface area contributed by atoms with Crippen molar-refractivity contribution in [3.8, 4) is 29.0 Å². The lowest BCUT2D eigenvalue weighted by atomic mass is 10.1. The number of nitrogens with one attached hydrogen (secondary N) is 1. The SMILES string of the molecule is CC(C)Sc1nc(Oc2ccc(/C=C3/SC(=O)NC3=O)cc2)c(C#N)c(-c2ccc(F)cc2)n1. The van der Waals surface area contributed by atoms with E-state index < -0.39 is 17.0 Å². The van der Waals surface area contributed by atoms with Crippen molar-refractivity contribution in [1.29, 1.82) is 5.26 Å². The summed E-state index contributed by atoms with van der Waals surface area (Å²) >= 11 is 2.25. The zero-order valence-corrected chi connectivity index (χ0v) is 19.7. The highest BCUT2D eigenvalue weighted by molar-refractivity contribution is 8.18. The fourth-order valence-corrected chi connectivity index (χ4v) is 4.37. The van der Waals surface area contributed by atoms with Crippen LogP contribution in [0.1, 0.15) is 25.0 Å². The molecule has 1 saturated heterocycles. The molecule has 1 fully saturated rings. The monoisotopic (exact) mass is 492 g/mol. The number of ether oxygens (including phenoxy) is 1. The van der Waals surface area contributed by atoms with E-state index in [0.717, 1.165) is 11.8 Å². The molecule has 2 aromatic carbocycles. The fourth-order valence-electron chi connectivity index (χ4n) is 2.99.